The molecular weight excluding hydrogens is 418 g/mol. The van der Waals surface area contributed by atoms with E-state index in [1.807, 2.05) is 43.3 Å². The van der Waals surface area contributed by atoms with Gasteiger partial charge in [0.05, 0.1) is 21.4 Å². The number of nitrogens with one attached hydrogen (secondary N) is 1. The van der Waals surface area contributed by atoms with Crippen LogP contribution >= 0.6 is 11.8 Å². The molecule has 6 nitrogen and oxygen atoms in total. The lowest BCUT2D eigenvalue weighted by molar-refractivity contribution is -0.115. The second kappa shape index (κ2) is 8.04. The van der Waals surface area contributed by atoms with Gasteiger partial charge in [0.1, 0.15) is 0 Å². The van der Waals surface area contributed by atoms with Crippen LogP contribution in [0.3, 0.4) is 0 Å². The molecule has 1 atom stereocenters. The fourth-order valence-corrected chi connectivity index (χ4v) is 4.60. The zero-order valence-electron chi connectivity index (χ0n) is 16.4. The Morgan fingerprint density at radius 1 is 1.13 bits per heavy atom. The summed E-state index contributed by atoms with van der Waals surface area (Å²) in [7, 11) is -3.23. The van der Waals surface area contributed by atoms with Crippen LogP contribution in [0.25, 0.3) is 17.0 Å². The molecule has 8 heteroatoms. The number of carbonyl (C=O) groups excluding carboxylic acids is 1. The van der Waals surface area contributed by atoms with Gasteiger partial charge < -0.3 is 5.32 Å². The summed E-state index contributed by atoms with van der Waals surface area (Å²) in [6.07, 6.45) is 4.76. The van der Waals surface area contributed by atoms with Gasteiger partial charge >= 0.3 is 0 Å². The van der Waals surface area contributed by atoms with Crippen LogP contribution in [0.1, 0.15) is 24.1 Å². The third-order valence-corrected chi connectivity index (χ3v) is 6.73. The number of nitrogens with zero attached hydrogens (tertiary/aromatic N) is 2. The van der Waals surface area contributed by atoms with E-state index in [2.05, 4.69) is 15.3 Å². The van der Waals surface area contributed by atoms with E-state index in [4.69, 9.17) is 0 Å². The van der Waals surface area contributed by atoms with Gasteiger partial charge in [0.25, 0.3) is 5.91 Å². The van der Waals surface area contributed by atoms with Crippen molar-refractivity contribution in [1.82, 2.24) is 10.3 Å². The molecule has 4 rings (SSSR count). The summed E-state index contributed by atoms with van der Waals surface area (Å²) in [6, 6.07) is 16.1. The number of pyridine rings is 1. The van der Waals surface area contributed by atoms with Crippen molar-refractivity contribution in [2.24, 2.45) is 4.99 Å². The van der Waals surface area contributed by atoms with E-state index in [9.17, 15) is 13.2 Å². The van der Waals surface area contributed by atoms with E-state index in [0.29, 0.717) is 10.1 Å². The maximum absolute atomic E-state index is 12.4. The zero-order valence-corrected chi connectivity index (χ0v) is 18.0. The molecule has 1 fully saturated rings. The lowest BCUT2D eigenvalue weighted by Gasteiger charge is -2.08. The Morgan fingerprint density at radius 2 is 1.90 bits per heavy atom. The van der Waals surface area contributed by atoms with Crippen LogP contribution in [0.2, 0.25) is 0 Å². The Bertz CT molecular complexity index is 1300. The first-order chi connectivity index (χ1) is 14.3. The SMILES string of the molecule is CC(N=C1NC(=O)C(=Cc2ccc3ncccc3c2)S1)c1ccc(S(C)(=O)=O)cc1. The average Bonchev–Trinajstić information content (AvgIpc) is 3.06. The lowest BCUT2D eigenvalue weighted by atomic mass is 10.1. The molecule has 0 aliphatic carbocycles. The highest BCUT2D eigenvalue weighted by atomic mass is 32.2. The quantitative estimate of drug-likeness (QED) is 0.624. The molecule has 30 heavy (non-hydrogen) atoms. The molecule has 0 radical (unpaired) electrons. The Balaban J connectivity index is 1.53. The molecule has 2 aromatic carbocycles. The van der Waals surface area contributed by atoms with Gasteiger partial charge in [-0.3, -0.25) is 14.8 Å². The second-order valence-electron chi connectivity index (χ2n) is 6.97. The fraction of sp³-hybridized carbons (Fsp3) is 0.136. The molecule has 0 saturated carbocycles. The van der Waals surface area contributed by atoms with Crippen LogP contribution < -0.4 is 5.32 Å². The third kappa shape index (κ3) is 4.44. The van der Waals surface area contributed by atoms with Gasteiger partial charge in [-0.25, -0.2) is 8.42 Å². The minimum atomic E-state index is -3.23. The highest BCUT2D eigenvalue weighted by molar-refractivity contribution is 8.18. The number of carbonyl (C=O) groups is 1. The van der Waals surface area contributed by atoms with Crippen molar-refractivity contribution in [2.45, 2.75) is 17.9 Å². The highest BCUT2D eigenvalue weighted by Gasteiger charge is 2.24. The van der Waals surface area contributed by atoms with Crippen LogP contribution in [0, 0.1) is 0 Å². The molecule has 0 spiro atoms. The van der Waals surface area contributed by atoms with E-state index in [0.717, 1.165) is 22.0 Å². The first-order valence-electron chi connectivity index (χ1n) is 9.23. The number of thioether (sulfide) groups is 1. The number of hydrogen-bond acceptors (Lipinski definition) is 6. The number of amides is 1. The predicted octanol–water partition coefficient (Wildman–Crippen LogP) is 3.96. The molecule has 1 amide bonds. The third-order valence-electron chi connectivity index (χ3n) is 4.68. The van der Waals surface area contributed by atoms with Crippen molar-refractivity contribution < 1.29 is 13.2 Å². The van der Waals surface area contributed by atoms with Crippen LogP contribution in [-0.2, 0) is 14.6 Å². The average molecular weight is 438 g/mol. The molecule has 1 aromatic heterocycles. The van der Waals surface area contributed by atoms with E-state index in [1.54, 1.807) is 30.5 Å². The van der Waals surface area contributed by atoms with Crippen LogP contribution in [-0.4, -0.2) is 30.7 Å². The van der Waals surface area contributed by atoms with Crippen molar-refractivity contribution in [3.05, 3.63) is 76.8 Å². The van der Waals surface area contributed by atoms with E-state index in [1.165, 1.54) is 18.0 Å². The Hall–Kier alpha value is -2.97. The number of fused-ring (bicyclic) bond motifs is 1. The van der Waals surface area contributed by atoms with Crippen LogP contribution in [0.5, 0.6) is 0 Å². The lowest BCUT2D eigenvalue weighted by Crippen LogP contribution is -2.20. The monoisotopic (exact) mass is 437 g/mol. The van der Waals surface area contributed by atoms with Crippen molar-refractivity contribution in [3.63, 3.8) is 0 Å². The summed E-state index contributed by atoms with van der Waals surface area (Å²) in [4.78, 5) is 22.1. The minimum absolute atomic E-state index is 0.190. The fourth-order valence-electron chi connectivity index (χ4n) is 3.07. The molecule has 0 bridgehead atoms. The number of benzene rings is 2. The van der Waals surface area contributed by atoms with Gasteiger partial charge in [-0.2, -0.15) is 0 Å². The van der Waals surface area contributed by atoms with Gasteiger partial charge in [0, 0.05) is 17.8 Å². The largest absolute Gasteiger partial charge is 0.301 e. The number of hydrogen-bond donors (Lipinski definition) is 1. The van der Waals surface area contributed by atoms with Gasteiger partial charge in [-0.15, -0.1) is 0 Å². The van der Waals surface area contributed by atoms with E-state index < -0.39 is 9.84 Å². The summed E-state index contributed by atoms with van der Waals surface area (Å²) in [5.74, 6) is -0.190. The standard InChI is InChI=1S/C22H19N3O3S2/c1-14(16-6-8-18(9-7-16)30(2,27)28)24-22-25-21(26)20(29-22)13-15-5-10-19-17(12-15)4-3-11-23-19/h3-14H,1-2H3,(H,24,25,26). The van der Waals surface area contributed by atoms with E-state index in [-0.39, 0.29) is 16.8 Å². The van der Waals surface area contributed by atoms with Gasteiger partial charge in [-0.1, -0.05) is 24.3 Å². The molecule has 1 saturated heterocycles. The Kier molecular flexibility index (Phi) is 5.44. The second-order valence-corrected chi connectivity index (χ2v) is 10.0. The number of aromatic nitrogens is 1. The Morgan fingerprint density at radius 3 is 2.63 bits per heavy atom. The summed E-state index contributed by atoms with van der Waals surface area (Å²) in [6.45, 7) is 1.90. The maximum atomic E-state index is 12.4. The first-order valence-corrected chi connectivity index (χ1v) is 11.9. The summed E-state index contributed by atoms with van der Waals surface area (Å²) in [5, 5.41) is 4.33. The number of sulfone groups is 1. The van der Waals surface area contributed by atoms with Crippen molar-refractivity contribution in [3.8, 4) is 0 Å². The number of amidine groups is 1. The molecule has 1 aliphatic heterocycles. The summed E-state index contributed by atoms with van der Waals surface area (Å²) in [5.41, 5.74) is 2.68. The maximum Gasteiger partial charge on any atom is 0.264 e. The highest BCUT2D eigenvalue weighted by Crippen LogP contribution is 2.29. The molecule has 1 N–H and O–H groups in total. The predicted molar refractivity (Wildman–Crippen MR) is 121 cm³/mol. The van der Waals surface area contributed by atoms with Gasteiger partial charge in [0.2, 0.25) is 0 Å². The molecule has 152 valence electrons. The normalized spacial score (nSPS) is 18.1. The molecule has 3 aromatic rings. The smallest absolute Gasteiger partial charge is 0.264 e. The summed E-state index contributed by atoms with van der Waals surface area (Å²) >= 11 is 1.29. The van der Waals surface area contributed by atoms with E-state index >= 15 is 0 Å². The van der Waals surface area contributed by atoms with Crippen LogP contribution in [0.15, 0.2) is 75.6 Å². The zero-order chi connectivity index (χ0) is 21.3. The Labute approximate surface area is 179 Å². The topological polar surface area (TPSA) is 88.5 Å². The molecule has 2 heterocycles. The summed E-state index contributed by atoms with van der Waals surface area (Å²) < 4.78 is 23.2. The molecular formula is C22H19N3O3S2. The number of aliphatic imine (C=N–C) groups is 1. The molecule has 1 unspecified atom stereocenters. The van der Waals surface area contributed by atoms with Gasteiger partial charge in [-0.05, 0) is 66.2 Å². The van der Waals surface area contributed by atoms with Gasteiger partial charge in [0.15, 0.2) is 15.0 Å². The van der Waals surface area contributed by atoms with Crippen LogP contribution in [0.4, 0.5) is 0 Å². The van der Waals surface area contributed by atoms with Crippen molar-refractivity contribution in [2.75, 3.05) is 6.26 Å². The van der Waals surface area contributed by atoms with Crippen molar-refractivity contribution >= 4 is 49.7 Å². The first kappa shape index (κ1) is 20.3. The van der Waals surface area contributed by atoms with Crippen molar-refractivity contribution in [1.29, 1.82) is 0 Å². The number of rotatable bonds is 4. The minimum Gasteiger partial charge on any atom is -0.301 e. The molecule has 1 aliphatic rings.